The molecule has 3 amide bonds. The molecule has 11 heteroatoms. The molecule has 9 nitrogen and oxygen atoms in total. The standard InChI is InChI=1S/C27H24BrClN4O5/c1-37-23-10-3-16(13-24(23)38-2)11-12-30-26(35)27(36)32-33-21-9-6-19(29)14-17(21)15-22(33)25(34)31-20-7-4-18(28)5-8-20/h3-10,13-15H,11-12H2,1-2H3,(H,30,35)(H,31,34)(H,32,36). The Balaban J connectivity index is 1.47. The average Bonchev–Trinajstić information content (AvgIpc) is 3.26. The minimum atomic E-state index is -0.928. The van der Waals surface area contributed by atoms with Gasteiger partial charge in [0, 0.05) is 27.1 Å². The largest absolute Gasteiger partial charge is 0.493 e. The normalized spacial score (nSPS) is 10.6. The summed E-state index contributed by atoms with van der Waals surface area (Å²) >= 11 is 9.48. The first-order valence-electron chi connectivity index (χ1n) is 11.5. The molecule has 0 aliphatic heterocycles. The lowest BCUT2D eigenvalue weighted by Gasteiger charge is -2.13. The van der Waals surface area contributed by atoms with Gasteiger partial charge in [0.1, 0.15) is 5.69 Å². The van der Waals surface area contributed by atoms with Gasteiger partial charge in [0.05, 0.1) is 19.7 Å². The van der Waals surface area contributed by atoms with Gasteiger partial charge in [0.25, 0.3) is 5.91 Å². The van der Waals surface area contributed by atoms with Crippen LogP contribution in [0.1, 0.15) is 16.1 Å². The Morgan fingerprint density at radius 2 is 1.63 bits per heavy atom. The minimum Gasteiger partial charge on any atom is -0.493 e. The van der Waals surface area contributed by atoms with E-state index in [2.05, 4.69) is 32.0 Å². The van der Waals surface area contributed by atoms with E-state index in [0.29, 0.717) is 39.5 Å². The number of aromatic nitrogens is 1. The summed E-state index contributed by atoms with van der Waals surface area (Å²) < 4.78 is 12.7. The smallest absolute Gasteiger partial charge is 0.328 e. The van der Waals surface area contributed by atoms with Crippen LogP contribution in [0.3, 0.4) is 0 Å². The highest BCUT2D eigenvalue weighted by Crippen LogP contribution is 2.27. The van der Waals surface area contributed by atoms with Gasteiger partial charge in [-0.25, -0.2) is 4.68 Å². The van der Waals surface area contributed by atoms with Crippen molar-refractivity contribution in [3.8, 4) is 11.5 Å². The van der Waals surface area contributed by atoms with Gasteiger partial charge >= 0.3 is 11.8 Å². The van der Waals surface area contributed by atoms with Gasteiger partial charge in [-0.3, -0.25) is 19.8 Å². The number of methoxy groups -OCH3 is 2. The molecule has 0 aliphatic carbocycles. The Kier molecular flexibility index (Phi) is 8.55. The average molecular weight is 600 g/mol. The first kappa shape index (κ1) is 27.0. The highest BCUT2D eigenvalue weighted by Gasteiger charge is 2.21. The van der Waals surface area contributed by atoms with Gasteiger partial charge in [-0.15, -0.1) is 0 Å². The molecule has 0 atom stereocenters. The zero-order chi connectivity index (χ0) is 27.2. The first-order valence-corrected chi connectivity index (χ1v) is 12.6. The van der Waals surface area contributed by atoms with Crippen LogP contribution < -0.4 is 25.5 Å². The van der Waals surface area contributed by atoms with Crippen molar-refractivity contribution in [3.05, 3.63) is 87.5 Å². The molecule has 0 radical (unpaired) electrons. The molecular weight excluding hydrogens is 576 g/mol. The highest BCUT2D eigenvalue weighted by atomic mass is 79.9. The Hall–Kier alpha value is -4.02. The quantitative estimate of drug-likeness (QED) is 0.253. The van der Waals surface area contributed by atoms with Gasteiger partial charge in [0.2, 0.25) is 0 Å². The molecule has 0 unspecified atom stereocenters. The summed E-state index contributed by atoms with van der Waals surface area (Å²) in [6, 6.07) is 19.0. The van der Waals surface area contributed by atoms with E-state index in [1.807, 2.05) is 6.07 Å². The van der Waals surface area contributed by atoms with Crippen LogP contribution in [0.2, 0.25) is 5.02 Å². The van der Waals surface area contributed by atoms with Gasteiger partial charge in [-0.1, -0.05) is 33.6 Å². The molecule has 3 N–H and O–H groups in total. The Morgan fingerprint density at radius 1 is 0.895 bits per heavy atom. The Bertz CT molecular complexity index is 1500. The van der Waals surface area contributed by atoms with Crippen LogP contribution in [0.4, 0.5) is 5.69 Å². The molecule has 38 heavy (non-hydrogen) atoms. The summed E-state index contributed by atoms with van der Waals surface area (Å²) in [5, 5.41) is 6.47. The third-order valence-electron chi connectivity index (χ3n) is 5.67. The predicted octanol–water partition coefficient (Wildman–Crippen LogP) is 4.76. The number of halogens is 2. The van der Waals surface area contributed by atoms with E-state index < -0.39 is 17.7 Å². The molecule has 0 aliphatic rings. The number of hydrogen-bond acceptors (Lipinski definition) is 5. The second-order valence-electron chi connectivity index (χ2n) is 8.17. The van der Waals surface area contributed by atoms with Crippen LogP contribution >= 0.6 is 27.5 Å². The topological polar surface area (TPSA) is 111 Å². The number of nitrogens with zero attached hydrogens (tertiary/aromatic N) is 1. The van der Waals surface area contributed by atoms with E-state index in [4.69, 9.17) is 21.1 Å². The Labute approximate surface area is 232 Å². The number of carbonyl (C=O) groups excluding carboxylic acids is 3. The number of anilines is 1. The number of nitrogens with one attached hydrogen (secondary N) is 3. The zero-order valence-electron chi connectivity index (χ0n) is 20.5. The number of amides is 3. The minimum absolute atomic E-state index is 0.122. The van der Waals surface area contributed by atoms with Gasteiger partial charge < -0.3 is 20.1 Å². The Morgan fingerprint density at radius 3 is 2.34 bits per heavy atom. The van der Waals surface area contributed by atoms with E-state index in [0.717, 1.165) is 10.0 Å². The number of fused-ring (bicyclic) bond motifs is 1. The maximum absolute atomic E-state index is 13.1. The van der Waals surface area contributed by atoms with E-state index in [1.165, 1.54) is 4.68 Å². The van der Waals surface area contributed by atoms with Gasteiger partial charge in [-0.05, 0) is 72.6 Å². The van der Waals surface area contributed by atoms with E-state index in [-0.39, 0.29) is 12.2 Å². The third kappa shape index (κ3) is 6.27. The van der Waals surface area contributed by atoms with Crippen LogP contribution in [0, 0.1) is 0 Å². The van der Waals surface area contributed by atoms with Crippen molar-refractivity contribution in [1.29, 1.82) is 0 Å². The molecule has 3 aromatic carbocycles. The molecule has 1 aromatic heterocycles. The van der Waals surface area contributed by atoms with Crippen LogP contribution in [-0.4, -0.2) is 43.2 Å². The van der Waals surface area contributed by atoms with Crippen LogP contribution in [0.15, 0.2) is 71.2 Å². The SMILES string of the molecule is COc1ccc(CCNC(=O)C(=O)Nn2c(C(=O)Nc3ccc(Br)cc3)cc3cc(Cl)ccc32)cc1OC. The molecule has 4 rings (SSSR count). The monoisotopic (exact) mass is 598 g/mol. The maximum atomic E-state index is 13.1. The number of ether oxygens (including phenoxy) is 2. The molecule has 1 heterocycles. The number of carbonyl (C=O) groups is 3. The van der Waals surface area contributed by atoms with Crippen molar-refractivity contribution in [3.63, 3.8) is 0 Å². The number of rotatable bonds is 8. The lowest BCUT2D eigenvalue weighted by atomic mass is 10.1. The summed E-state index contributed by atoms with van der Waals surface area (Å²) in [6.45, 7) is 0.209. The van der Waals surface area contributed by atoms with Crippen molar-refractivity contribution < 1.29 is 23.9 Å². The number of benzene rings is 3. The number of hydrogen-bond donors (Lipinski definition) is 3. The van der Waals surface area contributed by atoms with Crippen LogP contribution in [0.25, 0.3) is 10.9 Å². The molecule has 0 fully saturated rings. The van der Waals surface area contributed by atoms with Crippen LogP contribution in [0.5, 0.6) is 11.5 Å². The van der Waals surface area contributed by atoms with Gasteiger partial charge in [-0.2, -0.15) is 0 Å². The molecule has 0 bridgehead atoms. The van der Waals surface area contributed by atoms with Crippen molar-refractivity contribution >= 4 is 61.8 Å². The van der Waals surface area contributed by atoms with E-state index >= 15 is 0 Å². The third-order valence-corrected chi connectivity index (χ3v) is 6.43. The zero-order valence-corrected chi connectivity index (χ0v) is 22.9. The second kappa shape index (κ2) is 12.0. The van der Waals surface area contributed by atoms with Gasteiger partial charge in [0.15, 0.2) is 11.5 Å². The van der Waals surface area contributed by atoms with E-state index in [1.54, 1.807) is 74.9 Å². The summed E-state index contributed by atoms with van der Waals surface area (Å²) in [4.78, 5) is 38.4. The fourth-order valence-electron chi connectivity index (χ4n) is 3.79. The lowest BCUT2D eigenvalue weighted by Crippen LogP contribution is -2.40. The lowest BCUT2D eigenvalue weighted by molar-refractivity contribution is -0.136. The first-order chi connectivity index (χ1) is 18.3. The molecule has 0 saturated heterocycles. The van der Waals surface area contributed by atoms with Crippen molar-refractivity contribution in [2.75, 3.05) is 31.5 Å². The summed E-state index contributed by atoms with van der Waals surface area (Å²) in [7, 11) is 3.09. The second-order valence-corrected chi connectivity index (χ2v) is 9.52. The predicted molar refractivity (Wildman–Crippen MR) is 150 cm³/mol. The molecule has 196 valence electrons. The van der Waals surface area contributed by atoms with Crippen molar-refractivity contribution in [1.82, 2.24) is 9.99 Å². The summed E-state index contributed by atoms with van der Waals surface area (Å²) in [5.41, 5.74) is 4.61. The van der Waals surface area contributed by atoms with Crippen LogP contribution in [-0.2, 0) is 16.0 Å². The summed E-state index contributed by atoms with van der Waals surface area (Å²) in [6.07, 6.45) is 0.463. The van der Waals surface area contributed by atoms with Crippen molar-refractivity contribution in [2.24, 2.45) is 0 Å². The molecule has 0 spiro atoms. The fourth-order valence-corrected chi connectivity index (χ4v) is 4.24. The fraction of sp³-hybridized carbons (Fsp3) is 0.148. The molecule has 4 aromatic rings. The highest BCUT2D eigenvalue weighted by molar-refractivity contribution is 9.10. The molecular formula is C27H24BrClN4O5. The molecule has 0 saturated carbocycles. The summed E-state index contributed by atoms with van der Waals surface area (Å²) in [5.74, 6) is -1.08. The van der Waals surface area contributed by atoms with E-state index in [9.17, 15) is 14.4 Å². The maximum Gasteiger partial charge on any atom is 0.328 e. The van der Waals surface area contributed by atoms with Crippen molar-refractivity contribution in [2.45, 2.75) is 6.42 Å².